The minimum atomic E-state index is -0.742. The van der Waals surface area contributed by atoms with Gasteiger partial charge in [0.25, 0.3) is 0 Å². The predicted octanol–water partition coefficient (Wildman–Crippen LogP) is 6.18. The van der Waals surface area contributed by atoms with E-state index in [1.807, 2.05) is 0 Å². The van der Waals surface area contributed by atoms with Crippen LogP contribution in [0.3, 0.4) is 0 Å². The number of rotatable bonds is 8. The van der Waals surface area contributed by atoms with Crippen molar-refractivity contribution in [3.63, 3.8) is 0 Å². The second-order valence-corrected chi connectivity index (χ2v) is 8.86. The molecule has 0 unspecified atom stereocenters. The Morgan fingerprint density at radius 1 is 1.16 bits per heavy atom. The molecule has 2 fully saturated rings. The SMILES string of the molecule is CCCCC1CCC(C2CCC(C#N)([C@@H](C)CCC(=O)O)CC2)CC1. The molecule has 2 saturated carbocycles. The molecule has 1 atom stereocenters. The minimum absolute atomic E-state index is 0.190. The zero-order valence-corrected chi connectivity index (χ0v) is 16.3. The molecule has 1 N–H and O–H groups in total. The predicted molar refractivity (Wildman–Crippen MR) is 101 cm³/mol. The van der Waals surface area contributed by atoms with Gasteiger partial charge in [-0.2, -0.15) is 5.26 Å². The van der Waals surface area contributed by atoms with Crippen molar-refractivity contribution in [3.05, 3.63) is 0 Å². The Morgan fingerprint density at radius 2 is 1.76 bits per heavy atom. The maximum absolute atomic E-state index is 10.8. The summed E-state index contributed by atoms with van der Waals surface area (Å²) < 4.78 is 0. The summed E-state index contributed by atoms with van der Waals surface area (Å²) in [6.45, 7) is 4.37. The van der Waals surface area contributed by atoms with Gasteiger partial charge in [0.05, 0.1) is 11.5 Å². The van der Waals surface area contributed by atoms with Gasteiger partial charge < -0.3 is 5.11 Å². The second-order valence-electron chi connectivity index (χ2n) is 8.86. The summed E-state index contributed by atoms with van der Waals surface area (Å²) in [5, 5.41) is 18.7. The van der Waals surface area contributed by atoms with Crippen molar-refractivity contribution in [2.24, 2.45) is 29.1 Å². The van der Waals surface area contributed by atoms with E-state index in [9.17, 15) is 10.1 Å². The third-order valence-corrected chi connectivity index (χ3v) is 7.40. The van der Waals surface area contributed by atoms with Crippen molar-refractivity contribution in [3.8, 4) is 6.07 Å². The van der Waals surface area contributed by atoms with Gasteiger partial charge in [-0.15, -0.1) is 0 Å². The Balaban J connectivity index is 1.80. The first-order chi connectivity index (χ1) is 12.0. The average molecular weight is 348 g/mol. The maximum atomic E-state index is 10.8. The van der Waals surface area contributed by atoms with E-state index < -0.39 is 5.97 Å². The molecule has 0 aliphatic heterocycles. The van der Waals surface area contributed by atoms with Crippen LogP contribution < -0.4 is 0 Å². The number of aliphatic carboxylic acids is 1. The minimum Gasteiger partial charge on any atom is -0.481 e. The van der Waals surface area contributed by atoms with Crippen LogP contribution in [0.4, 0.5) is 0 Å². The molecular weight excluding hydrogens is 310 g/mol. The number of nitriles is 1. The molecule has 142 valence electrons. The highest BCUT2D eigenvalue weighted by molar-refractivity contribution is 5.66. The van der Waals surface area contributed by atoms with Crippen LogP contribution in [0.25, 0.3) is 0 Å². The molecule has 2 aliphatic carbocycles. The number of carboxylic acid groups (broad SMARTS) is 1. The molecule has 3 heteroatoms. The quantitative estimate of drug-likeness (QED) is 0.570. The fraction of sp³-hybridized carbons (Fsp3) is 0.909. The van der Waals surface area contributed by atoms with Gasteiger partial charge in [-0.05, 0) is 68.6 Å². The van der Waals surface area contributed by atoms with Crippen LogP contribution in [0.1, 0.15) is 97.3 Å². The fourth-order valence-electron chi connectivity index (χ4n) is 5.40. The summed E-state index contributed by atoms with van der Waals surface area (Å²) in [5.74, 6) is 2.10. The molecule has 0 saturated heterocycles. The Labute approximate surface area is 154 Å². The molecule has 3 nitrogen and oxygen atoms in total. The lowest BCUT2D eigenvalue weighted by Gasteiger charge is -2.43. The van der Waals surface area contributed by atoms with E-state index in [0.29, 0.717) is 6.42 Å². The van der Waals surface area contributed by atoms with Crippen molar-refractivity contribution in [2.45, 2.75) is 97.3 Å². The molecule has 0 radical (unpaired) electrons. The lowest BCUT2D eigenvalue weighted by Crippen LogP contribution is -2.35. The van der Waals surface area contributed by atoms with Crippen molar-refractivity contribution in [1.82, 2.24) is 0 Å². The van der Waals surface area contributed by atoms with Crippen molar-refractivity contribution in [1.29, 1.82) is 5.26 Å². The molecule has 0 aromatic rings. The molecule has 0 aromatic heterocycles. The van der Waals surface area contributed by atoms with Gasteiger partial charge in [-0.1, -0.05) is 46.0 Å². The first-order valence-corrected chi connectivity index (χ1v) is 10.6. The lowest BCUT2D eigenvalue weighted by atomic mass is 9.60. The monoisotopic (exact) mass is 347 g/mol. The molecule has 0 heterocycles. The first-order valence-electron chi connectivity index (χ1n) is 10.6. The summed E-state index contributed by atoms with van der Waals surface area (Å²) in [6.07, 6.45) is 14.9. The zero-order chi connectivity index (χ0) is 18.3. The van der Waals surface area contributed by atoms with Crippen molar-refractivity contribution < 1.29 is 9.90 Å². The van der Waals surface area contributed by atoms with Gasteiger partial charge in [0.2, 0.25) is 0 Å². The number of hydrogen-bond acceptors (Lipinski definition) is 2. The highest BCUT2D eigenvalue weighted by Gasteiger charge is 2.42. The van der Waals surface area contributed by atoms with Crippen LogP contribution in [0.5, 0.6) is 0 Å². The van der Waals surface area contributed by atoms with E-state index >= 15 is 0 Å². The maximum Gasteiger partial charge on any atom is 0.303 e. The standard InChI is InChI=1S/C22H37NO2/c1-3-4-5-18-7-9-19(10-8-18)20-12-14-22(16-23,15-13-20)17(2)6-11-21(24)25/h17-20H,3-15H2,1-2H3,(H,24,25)/t17-,18?,19?,20?,22?/m0/s1. The summed E-state index contributed by atoms with van der Waals surface area (Å²) >= 11 is 0. The van der Waals surface area contributed by atoms with Crippen LogP contribution in [0.15, 0.2) is 0 Å². The Morgan fingerprint density at radius 3 is 2.28 bits per heavy atom. The molecule has 0 spiro atoms. The highest BCUT2D eigenvalue weighted by Crippen LogP contribution is 2.49. The third-order valence-electron chi connectivity index (χ3n) is 7.40. The third kappa shape index (κ3) is 5.47. The summed E-state index contributed by atoms with van der Waals surface area (Å²) in [7, 11) is 0. The van der Waals surface area contributed by atoms with Gasteiger partial charge in [-0.3, -0.25) is 4.79 Å². The van der Waals surface area contributed by atoms with Crippen molar-refractivity contribution in [2.75, 3.05) is 0 Å². The summed E-state index contributed by atoms with van der Waals surface area (Å²) in [5.41, 5.74) is -0.274. The number of hydrogen-bond donors (Lipinski definition) is 1. The molecule has 0 bridgehead atoms. The van der Waals surface area contributed by atoms with Crippen LogP contribution >= 0.6 is 0 Å². The smallest absolute Gasteiger partial charge is 0.303 e. The average Bonchev–Trinajstić information content (AvgIpc) is 2.65. The zero-order valence-electron chi connectivity index (χ0n) is 16.3. The topological polar surface area (TPSA) is 61.1 Å². The molecule has 0 amide bonds. The fourth-order valence-corrected chi connectivity index (χ4v) is 5.40. The van der Waals surface area contributed by atoms with E-state index in [-0.39, 0.29) is 17.8 Å². The van der Waals surface area contributed by atoms with Crippen molar-refractivity contribution >= 4 is 5.97 Å². The normalized spacial score (nSPS) is 34.2. The van der Waals surface area contributed by atoms with E-state index in [4.69, 9.17) is 5.11 Å². The largest absolute Gasteiger partial charge is 0.481 e. The molecular formula is C22H37NO2. The highest BCUT2D eigenvalue weighted by atomic mass is 16.4. The Kier molecular flexibility index (Phi) is 7.79. The van der Waals surface area contributed by atoms with E-state index in [1.165, 1.54) is 57.8 Å². The van der Waals surface area contributed by atoms with Gasteiger partial charge in [0.15, 0.2) is 0 Å². The van der Waals surface area contributed by atoms with Gasteiger partial charge >= 0.3 is 5.97 Å². The molecule has 25 heavy (non-hydrogen) atoms. The van der Waals surface area contributed by atoms with Crippen LogP contribution in [0, 0.1) is 40.4 Å². The van der Waals surface area contributed by atoms with Crippen LogP contribution in [-0.4, -0.2) is 11.1 Å². The van der Waals surface area contributed by atoms with E-state index in [0.717, 1.165) is 30.6 Å². The Hall–Kier alpha value is -1.04. The summed E-state index contributed by atoms with van der Waals surface area (Å²) in [4.78, 5) is 10.8. The Bertz CT molecular complexity index is 451. The van der Waals surface area contributed by atoms with Gasteiger partial charge in [0.1, 0.15) is 0 Å². The van der Waals surface area contributed by atoms with Crippen LogP contribution in [-0.2, 0) is 4.79 Å². The second kappa shape index (κ2) is 9.60. The molecule has 2 rings (SSSR count). The summed E-state index contributed by atoms with van der Waals surface area (Å²) in [6, 6.07) is 2.60. The van der Waals surface area contributed by atoms with Gasteiger partial charge in [-0.25, -0.2) is 0 Å². The number of carboxylic acids is 1. The number of unbranched alkanes of at least 4 members (excludes halogenated alkanes) is 1. The number of carbonyl (C=O) groups is 1. The van der Waals surface area contributed by atoms with Gasteiger partial charge in [0, 0.05) is 6.42 Å². The van der Waals surface area contributed by atoms with E-state index in [1.54, 1.807) is 0 Å². The number of nitrogens with zero attached hydrogens (tertiary/aromatic N) is 1. The molecule has 0 aromatic carbocycles. The molecule has 2 aliphatic rings. The van der Waals surface area contributed by atoms with Crippen LogP contribution in [0.2, 0.25) is 0 Å². The lowest BCUT2D eigenvalue weighted by molar-refractivity contribution is -0.137. The van der Waals surface area contributed by atoms with E-state index in [2.05, 4.69) is 19.9 Å². The first kappa shape index (κ1) is 20.3.